The van der Waals surface area contributed by atoms with E-state index >= 15 is 0 Å². The summed E-state index contributed by atoms with van der Waals surface area (Å²) in [6, 6.07) is 0.519. The molecule has 2 rings (SSSR count). The van der Waals surface area contributed by atoms with Crippen molar-refractivity contribution in [3.63, 3.8) is 0 Å². The van der Waals surface area contributed by atoms with E-state index < -0.39 is 0 Å². The molecule has 0 bridgehead atoms. The summed E-state index contributed by atoms with van der Waals surface area (Å²) in [4.78, 5) is 11.6. The average Bonchev–Trinajstić information content (AvgIpc) is 2.71. The monoisotopic (exact) mass is 266 g/mol. The van der Waals surface area contributed by atoms with Gasteiger partial charge in [0.05, 0.1) is 11.3 Å². The molecule has 1 aromatic heterocycles. The number of nitrogens with zero attached hydrogens (tertiary/aromatic N) is 1. The van der Waals surface area contributed by atoms with Gasteiger partial charge in [0, 0.05) is 6.04 Å². The summed E-state index contributed by atoms with van der Waals surface area (Å²) in [7, 11) is 0. The van der Waals surface area contributed by atoms with E-state index in [9.17, 15) is 4.79 Å². The lowest BCUT2D eigenvalue weighted by Gasteiger charge is -2.28. The van der Waals surface area contributed by atoms with Gasteiger partial charge in [-0.3, -0.25) is 4.79 Å². The predicted molar refractivity (Wildman–Crippen MR) is 76.5 cm³/mol. The lowest BCUT2D eigenvalue weighted by atomic mass is 9.84. The zero-order valence-electron chi connectivity index (χ0n) is 11.5. The highest BCUT2D eigenvalue weighted by atomic mass is 32.1. The van der Waals surface area contributed by atoms with E-state index in [1.54, 1.807) is 6.92 Å². The van der Waals surface area contributed by atoms with Crippen molar-refractivity contribution in [2.45, 2.75) is 58.9 Å². The van der Waals surface area contributed by atoms with Gasteiger partial charge < -0.3 is 5.32 Å². The topological polar surface area (TPSA) is 42.0 Å². The van der Waals surface area contributed by atoms with Gasteiger partial charge >= 0.3 is 0 Å². The smallest absolute Gasteiger partial charge is 0.164 e. The van der Waals surface area contributed by atoms with Crippen LogP contribution in [0.2, 0.25) is 0 Å². The maximum Gasteiger partial charge on any atom is 0.164 e. The largest absolute Gasteiger partial charge is 0.372 e. The van der Waals surface area contributed by atoms with E-state index in [1.807, 2.05) is 6.92 Å². The second-order valence-corrected chi connectivity index (χ2v) is 6.07. The Hall–Kier alpha value is -0.900. The molecular formula is C14H22N2OS. The molecular weight excluding hydrogens is 244 g/mol. The van der Waals surface area contributed by atoms with Crippen molar-refractivity contribution in [2.24, 2.45) is 5.92 Å². The van der Waals surface area contributed by atoms with Gasteiger partial charge in [0.15, 0.2) is 5.78 Å². The normalized spacial score (nSPS) is 23.9. The molecule has 1 aliphatic rings. The number of carbonyl (C=O) groups is 1. The molecule has 100 valence electrons. The molecule has 1 heterocycles. The Balaban J connectivity index is 2.00. The summed E-state index contributed by atoms with van der Waals surface area (Å²) in [6.07, 6.45) is 6.34. The average molecular weight is 266 g/mol. The van der Waals surface area contributed by atoms with Crippen molar-refractivity contribution in [1.29, 1.82) is 0 Å². The number of hydrogen-bond acceptors (Lipinski definition) is 4. The van der Waals surface area contributed by atoms with E-state index in [0.29, 0.717) is 6.04 Å². The molecule has 1 N–H and O–H groups in total. The molecule has 0 aromatic carbocycles. The van der Waals surface area contributed by atoms with Crippen LogP contribution in [0.25, 0.3) is 0 Å². The van der Waals surface area contributed by atoms with Gasteiger partial charge in [0.25, 0.3) is 0 Å². The number of hydrogen-bond donors (Lipinski definition) is 1. The maximum absolute atomic E-state index is 11.6. The van der Waals surface area contributed by atoms with Gasteiger partial charge in [-0.2, -0.15) is 4.37 Å². The molecule has 18 heavy (non-hydrogen) atoms. The molecule has 0 radical (unpaired) electrons. The zero-order chi connectivity index (χ0) is 13.1. The van der Waals surface area contributed by atoms with Crippen LogP contribution in [0.15, 0.2) is 0 Å². The van der Waals surface area contributed by atoms with E-state index in [-0.39, 0.29) is 5.78 Å². The first-order valence-corrected chi connectivity index (χ1v) is 7.62. The number of rotatable bonds is 4. The fourth-order valence-corrected chi connectivity index (χ4v) is 3.70. The molecule has 0 unspecified atom stereocenters. The molecule has 0 aliphatic heterocycles. The molecule has 4 heteroatoms. The Morgan fingerprint density at radius 3 is 2.61 bits per heavy atom. The minimum absolute atomic E-state index is 0.117. The molecule has 1 fully saturated rings. The maximum atomic E-state index is 11.6. The molecule has 3 nitrogen and oxygen atoms in total. The third kappa shape index (κ3) is 2.91. The third-order valence-electron chi connectivity index (χ3n) is 3.97. The summed E-state index contributed by atoms with van der Waals surface area (Å²) in [5.41, 5.74) is 1.65. The van der Waals surface area contributed by atoms with E-state index in [4.69, 9.17) is 0 Å². The third-order valence-corrected chi connectivity index (χ3v) is 4.84. The van der Waals surface area contributed by atoms with E-state index in [1.165, 1.54) is 43.6 Å². The van der Waals surface area contributed by atoms with Gasteiger partial charge in [0.1, 0.15) is 5.00 Å². The molecule has 0 amide bonds. The van der Waals surface area contributed by atoms with Crippen molar-refractivity contribution in [3.8, 4) is 0 Å². The second kappa shape index (κ2) is 5.83. The molecule has 0 saturated heterocycles. The van der Waals surface area contributed by atoms with E-state index in [2.05, 4.69) is 16.6 Å². The van der Waals surface area contributed by atoms with Crippen LogP contribution < -0.4 is 5.32 Å². The molecule has 0 atom stereocenters. The van der Waals surface area contributed by atoms with Crippen LogP contribution in [0, 0.1) is 12.8 Å². The van der Waals surface area contributed by atoms with Crippen LogP contribution in [0.5, 0.6) is 0 Å². The molecule has 0 spiro atoms. The lowest BCUT2D eigenvalue weighted by Crippen LogP contribution is -2.26. The first kappa shape index (κ1) is 13.5. The van der Waals surface area contributed by atoms with Crippen LogP contribution in [-0.2, 0) is 0 Å². The molecule has 1 aromatic rings. The highest BCUT2D eigenvalue weighted by molar-refractivity contribution is 7.10. The molecule has 1 saturated carbocycles. The fraction of sp³-hybridized carbons (Fsp3) is 0.714. The summed E-state index contributed by atoms with van der Waals surface area (Å²) < 4.78 is 4.29. The van der Waals surface area contributed by atoms with Gasteiger partial charge in [-0.25, -0.2) is 0 Å². The number of nitrogens with one attached hydrogen (secondary N) is 1. The predicted octanol–water partition coefficient (Wildman–Crippen LogP) is 4.03. The Bertz CT molecular complexity index is 419. The SMILES string of the molecule is CCC1CCC(Nc2snc(C)c2C(C)=O)CC1. The van der Waals surface area contributed by atoms with Crippen molar-refractivity contribution >= 4 is 22.3 Å². The van der Waals surface area contributed by atoms with Gasteiger partial charge in [-0.15, -0.1) is 0 Å². The van der Waals surface area contributed by atoms with Crippen LogP contribution in [0.3, 0.4) is 0 Å². The Kier molecular flexibility index (Phi) is 4.38. The highest BCUT2D eigenvalue weighted by Gasteiger charge is 2.22. The number of ketones is 1. The summed E-state index contributed by atoms with van der Waals surface area (Å²) in [6.45, 7) is 5.81. The van der Waals surface area contributed by atoms with Gasteiger partial charge in [0.2, 0.25) is 0 Å². The number of Topliss-reactive ketones (excluding diaryl/α,β-unsaturated/α-hetero) is 1. The minimum atomic E-state index is 0.117. The molecule has 1 aliphatic carbocycles. The van der Waals surface area contributed by atoms with Gasteiger partial charge in [-0.05, 0) is 57.0 Å². The van der Waals surface area contributed by atoms with Crippen molar-refractivity contribution in [1.82, 2.24) is 4.37 Å². The number of aromatic nitrogens is 1. The quantitative estimate of drug-likeness (QED) is 0.836. The van der Waals surface area contributed by atoms with Crippen molar-refractivity contribution < 1.29 is 4.79 Å². The standard InChI is InChI=1S/C14H22N2OS/c1-4-11-5-7-12(8-6-11)15-14-13(10(3)17)9(2)16-18-14/h11-12,15H,4-8H2,1-3H3. The Morgan fingerprint density at radius 2 is 2.06 bits per heavy atom. The van der Waals surface area contributed by atoms with E-state index in [0.717, 1.165) is 22.2 Å². The first-order chi connectivity index (χ1) is 8.61. The van der Waals surface area contributed by atoms with Crippen LogP contribution in [0.4, 0.5) is 5.00 Å². The van der Waals surface area contributed by atoms with Crippen LogP contribution in [0.1, 0.15) is 62.0 Å². The Morgan fingerprint density at radius 1 is 1.39 bits per heavy atom. The van der Waals surface area contributed by atoms with Crippen LogP contribution in [-0.4, -0.2) is 16.2 Å². The fourth-order valence-electron chi connectivity index (χ4n) is 2.78. The van der Waals surface area contributed by atoms with Crippen LogP contribution >= 0.6 is 11.5 Å². The number of aryl methyl sites for hydroxylation is 1. The highest BCUT2D eigenvalue weighted by Crippen LogP contribution is 2.31. The van der Waals surface area contributed by atoms with Crippen molar-refractivity contribution in [3.05, 3.63) is 11.3 Å². The first-order valence-electron chi connectivity index (χ1n) is 6.85. The summed E-state index contributed by atoms with van der Waals surface area (Å²) >= 11 is 1.42. The Labute approximate surface area is 113 Å². The second-order valence-electron chi connectivity index (χ2n) is 5.30. The number of carbonyl (C=O) groups excluding carboxylic acids is 1. The minimum Gasteiger partial charge on any atom is -0.372 e. The summed E-state index contributed by atoms with van der Waals surface area (Å²) in [5.74, 6) is 1.02. The van der Waals surface area contributed by atoms with Gasteiger partial charge in [-0.1, -0.05) is 13.3 Å². The zero-order valence-corrected chi connectivity index (χ0v) is 12.3. The van der Waals surface area contributed by atoms with Crippen molar-refractivity contribution in [2.75, 3.05) is 5.32 Å². The summed E-state index contributed by atoms with van der Waals surface area (Å²) in [5, 5.41) is 4.50. The lowest BCUT2D eigenvalue weighted by molar-refractivity contribution is 0.101. The number of anilines is 1.